The zero-order valence-corrected chi connectivity index (χ0v) is 11.7. The Morgan fingerprint density at radius 3 is 2.35 bits per heavy atom. The van der Waals surface area contributed by atoms with Gasteiger partial charge in [-0.15, -0.1) is 0 Å². The van der Waals surface area contributed by atoms with E-state index in [-0.39, 0.29) is 12.4 Å². The van der Waals surface area contributed by atoms with Crippen LogP contribution in [0, 0.1) is 5.82 Å². The highest BCUT2D eigenvalue weighted by molar-refractivity contribution is 5.54. The lowest BCUT2D eigenvalue weighted by molar-refractivity contribution is 0.306. The minimum Gasteiger partial charge on any atom is -0.494 e. The van der Waals surface area contributed by atoms with Crippen molar-refractivity contribution in [1.82, 2.24) is 0 Å². The standard InChI is InChI=1S/C16H18FNO2/c1-3-11-4-7-16(14(18)9-11)20-10-12-5-6-15(19-2)13(17)8-12/h4-9H,3,10,18H2,1-2H3. The molecule has 106 valence electrons. The van der Waals surface area contributed by atoms with E-state index in [9.17, 15) is 4.39 Å². The summed E-state index contributed by atoms with van der Waals surface area (Å²) in [5, 5.41) is 0. The molecule has 2 N–H and O–H groups in total. The van der Waals surface area contributed by atoms with Gasteiger partial charge < -0.3 is 15.2 Å². The fraction of sp³-hybridized carbons (Fsp3) is 0.250. The average molecular weight is 275 g/mol. The Morgan fingerprint density at radius 1 is 1.05 bits per heavy atom. The van der Waals surface area contributed by atoms with Gasteiger partial charge in [-0.2, -0.15) is 0 Å². The zero-order chi connectivity index (χ0) is 14.5. The van der Waals surface area contributed by atoms with Gasteiger partial charge in [-0.1, -0.05) is 19.1 Å². The Morgan fingerprint density at radius 2 is 1.75 bits per heavy atom. The monoisotopic (exact) mass is 275 g/mol. The smallest absolute Gasteiger partial charge is 0.165 e. The van der Waals surface area contributed by atoms with Crippen LogP contribution in [0.1, 0.15) is 18.1 Å². The van der Waals surface area contributed by atoms with Crippen LogP contribution in [0.4, 0.5) is 10.1 Å². The van der Waals surface area contributed by atoms with E-state index in [0.29, 0.717) is 11.4 Å². The highest BCUT2D eigenvalue weighted by Crippen LogP contribution is 2.24. The second-order valence-corrected chi connectivity index (χ2v) is 4.48. The molecule has 0 bridgehead atoms. The van der Waals surface area contributed by atoms with E-state index in [2.05, 4.69) is 6.92 Å². The molecule has 0 aliphatic carbocycles. The van der Waals surface area contributed by atoms with Gasteiger partial charge in [0.1, 0.15) is 12.4 Å². The number of hydrogen-bond acceptors (Lipinski definition) is 3. The van der Waals surface area contributed by atoms with Gasteiger partial charge in [0.15, 0.2) is 11.6 Å². The number of benzene rings is 2. The minimum absolute atomic E-state index is 0.223. The number of nitrogen functional groups attached to an aromatic ring is 1. The van der Waals surface area contributed by atoms with Crippen molar-refractivity contribution >= 4 is 5.69 Å². The third kappa shape index (κ3) is 3.20. The number of rotatable bonds is 5. The molecule has 0 amide bonds. The lowest BCUT2D eigenvalue weighted by atomic mass is 10.1. The van der Waals surface area contributed by atoms with Crippen LogP contribution in [0.5, 0.6) is 11.5 Å². The van der Waals surface area contributed by atoms with E-state index in [1.807, 2.05) is 18.2 Å². The maximum Gasteiger partial charge on any atom is 0.165 e. The molecular weight excluding hydrogens is 257 g/mol. The molecule has 0 unspecified atom stereocenters. The Labute approximate surface area is 118 Å². The molecule has 0 saturated carbocycles. The minimum atomic E-state index is -0.400. The Balaban J connectivity index is 2.07. The van der Waals surface area contributed by atoms with Crippen molar-refractivity contribution in [2.45, 2.75) is 20.0 Å². The van der Waals surface area contributed by atoms with Gasteiger partial charge in [0.25, 0.3) is 0 Å². The molecule has 4 heteroatoms. The molecule has 2 rings (SSSR count). The Bertz CT molecular complexity index is 599. The van der Waals surface area contributed by atoms with E-state index >= 15 is 0 Å². The second kappa shape index (κ2) is 6.28. The number of methoxy groups -OCH3 is 1. The summed E-state index contributed by atoms with van der Waals surface area (Å²) in [5.41, 5.74) is 8.40. The molecule has 0 fully saturated rings. The van der Waals surface area contributed by atoms with E-state index in [4.69, 9.17) is 15.2 Å². The van der Waals surface area contributed by atoms with Crippen LogP contribution >= 0.6 is 0 Å². The molecule has 2 aromatic carbocycles. The largest absolute Gasteiger partial charge is 0.494 e. The van der Waals surface area contributed by atoms with Crippen molar-refractivity contribution in [2.24, 2.45) is 0 Å². The number of hydrogen-bond donors (Lipinski definition) is 1. The molecular formula is C16H18FNO2. The molecule has 20 heavy (non-hydrogen) atoms. The molecule has 0 aliphatic rings. The fourth-order valence-corrected chi connectivity index (χ4v) is 1.91. The molecule has 2 aromatic rings. The lowest BCUT2D eigenvalue weighted by Crippen LogP contribution is -2.00. The maximum absolute atomic E-state index is 13.5. The molecule has 3 nitrogen and oxygen atoms in total. The van der Waals surface area contributed by atoms with Crippen molar-refractivity contribution in [3.63, 3.8) is 0 Å². The van der Waals surface area contributed by atoms with Crippen molar-refractivity contribution in [3.05, 3.63) is 53.3 Å². The zero-order valence-electron chi connectivity index (χ0n) is 11.7. The van der Waals surface area contributed by atoms with Gasteiger partial charge >= 0.3 is 0 Å². The van der Waals surface area contributed by atoms with Crippen LogP contribution in [-0.2, 0) is 13.0 Å². The van der Waals surface area contributed by atoms with E-state index in [1.54, 1.807) is 12.1 Å². The van der Waals surface area contributed by atoms with Gasteiger partial charge in [0.2, 0.25) is 0 Å². The predicted molar refractivity (Wildman–Crippen MR) is 77.5 cm³/mol. The van der Waals surface area contributed by atoms with Crippen LogP contribution in [0.2, 0.25) is 0 Å². The number of halogens is 1. The molecule has 0 aromatic heterocycles. The third-order valence-corrected chi connectivity index (χ3v) is 3.09. The van der Waals surface area contributed by atoms with Gasteiger partial charge in [-0.25, -0.2) is 4.39 Å². The van der Waals surface area contributed by atoms with Crippen molar-refractivity contribution < 1.29 is 13.9 Å². The van der Waals surface area contributed by atoms with Crippen LogP contribution < -0.4 is 15.2 Å². The summed E-state index contributed by atoms with van der Waals surface area (Å²) in [4.78, 5) is 0. The average Bonchev–Trinajstić information content (AvgIpc) is 2.46. The molecule has 0 aliphatic heterocycles. The van der Waals surface area contributed by atoms with Gasteiger partial charge in [0.05, 0.1) is 12.8 Å². The van der Waals surface area contributed by atoms with Crippen LogP contribution in [0.25, 0.3) is 0 Å². The Kier molecular flexibility index (Phi) is 4.45. The summed E-state index contributed by atoms with van der Waals surface area (Å²) >= 11 is 0. The summed E-state index contributed by atoms with van der Waals surface area (Å²) in [6.07, 6.45) is 0.925. The summed E-state index contributed by atoms with van der Waals surface area (Å²) in [6.45, 7) is 2.33. The van der Waals surface area contributed by atoms with Crippen molar-refractivity contribution in [1.29, 1.82) is 0 Å². The lowest BCUT2D eigenvalue weighted by Gasteiger charge is -2.11. The van der Waals surface area contributed by atoms with Gasteiger partial charge in [0, 0.05) is 0 Å². The topological polar surface area (TPSA) is 44.5 Å². The van der Waals surface area contributed by atoms with Crippen LogP contribution in [0.3, 0.4) is 0 Å². The summed E-state index contributed by atoms with van der Waals surface area (Å²) in [7, 11) is 1.44. The first-order valence-electron chi connectivity index (χ1n) is 6.47. The first-order valence-corrected chi connectivity index (χ1v) is 6.47. The van der Waals surface area contributed by atoms with Crippen LogP contribution in [-0.4, -0.2) is 7.11 Å². The molecule has 0 spiro atoms. The van der Waals surface area contributed by atoms with Gasteiger partial charge in [-0.05, 0) is 41.8 Å². The second-order valence-electron chi connectivity index (χ2n) is 4.48. The summed E-state index contributed by atoms with van der Waals surface area (Å²) < 4.78 is 24.0. The number of anilines is 1. The third-order valence-electron chi connectivity index (χ3n) is 3.09. The van der Waals surface area contributed by atoms with E-state index in [0.717, 1.165) is 17.5 Å². The van der Waals surface area contributed by atoms with E-state index in [1.165, 1.54) is 13.2 Å². The molecule has 0 radical (unpaired) electrons. The normalized spacial score (nSPS) is 10.3. The highest BCUT2D eigenvalue weighted by atomic mass is 19.1. The molecule has 0 saturated heterocycles. The van der Waals surface area contributed by atoms with Crippen molar-refractivity contribution in [3.8, 4) is 11.5 Å². The number of aryl methyl sites for hydroxylation is 1. The van der Waals surface area contributed by atoms with Crippen LogP contribution in [0.15, 0.2) is 36.4 Å². The van der Waals surface area contributed by atoms with E-state index < -0.39 is 5.82 Å². The molecule has 0 heterocycles. The Hall–Kier alpha value is -2.23. The SMILES string of the molecule is CCc1ccc(OCc2ccc(OC)c(F)c2)c(N)c1. The predicted octanol–water partition coefficient (Wildman–Crippen LogP) is 3.56. The maximum atomic E-state index is 13.5. The first kappa shape index (κ1) is 14.2. The first-order chi connectivity index (χ1) is 9.63. The molecule has 0 atom stereocenters. The highest BCUT2D eigenvalue weighted by Gasteiger charge is 2.06. The summed E-state index contributed by atoms with van der Waals surface area (Å²) in [5.74, 6) is 0.432. The van der Waals surface area contributed by atoms with Crippen molar-refractivity contribution in [2.75, 3.05) is 12.8 Å². The quantitative estimate of drug-likeness (QED) is 0.849. The van der Waals surface area contributed by atoms with Gasteiger partial charge in [-0.3, -0.25) is 0 Å². The summed E-state index contributed by atoms with van der Waals surface area (Å²) in [6, 6.07) is 10.4. The number of ether oxygens (including phenoxy) is 2. The number of nitrogens with two attached hydrogens (primary N) is 1. The fourth-order valence-electron chi connectivity index (χ4n) is 1.91.